The van der Waals surface area contributed by atoms with Crippen LogP contribution < -0.4 is 10.6 Å². The highest BCUT2D eigenvalue weighted by molar-refractivity contribution is 5.98. The van der Waals surface area contributed by atoms with Crippen LogP contribution in [0.3, 0.4) is 0 Å². The fraction of sp³-hybridized carbons (Fsp3) is 0.412. The van der Waals surface area contributed by atoms with Crippen LogP contribution in [0.5, 0.6) is 0 Å². The topological polar surface area (TPSA) is 54.0 Å². The number of carbonyl (C=O) groups is 1. The number of fused-ring (bicyclic) bond motifs is 3. The Bertz CT molecular complexity index is 682. The number of aromatic nitrogens is 1. The minimum absolute atomic E-state index is 0. The van der Waals surface area contributed by atoms with Gasteiger partial charge < -0.3 is 10.6 Å². The second-order valence-corrected chi connectivity index (χ2v) is 6.19. The highest BCUT2D eigenvalue weighted by Crippen LogP contribution is 2.27. The lowest BCUT2D eigenvalue weighted by Crippen LogP contribution is -2.48. The van der Waals surface area contributed by atoms with Crippen molar-refractivity contribution in [3.63, 3.8) is 0 Å². The van der Waals surface area contributed by atoms with Crippen LogP contribution in [0.2, 0.25) is 0 Å². The maximum absolute atomic E-state index is 12.4. The fourth-order valence-corrected chi connectivity index (χ4v) is 3.66. The Morgan fingerprint density at radius 1 is 1.13 bits per heavy atom. The van der Waals surface area contributed by atoms with Gasteiger partial charge in [0.1, 0.15) is 0 Å². The summed E-state index contributed by atoms with van der Waals surface area (Å²) in [5.74, 6) is 0.0343. The number of hydrogen-bond donors (Lipinski definition) is 2. The molecule has 2 fully saturated rings. The Morgan fingerprint density at radius 3 is 2.61 bits per heavy atom. The van der Waals surface area contributed by atoms with Gasteiger partial charge >= 0.3 is 0 Å². The van der Waals surface area contributed by atoms with E-state index in [0.29, 0.717) is 18.1 Å². The first-order valence-corrected chi connectivity index (χ1v) is 7.69. The molecule has 0 spiro atoms. The van der Waals surface area contributed by atoms with Gasteiger partial charge in [0.15, 0.2) is 0 Å². The first-order chi connectivity index (χ1) is 10.3. The van der Waals surface area contributed by atoms with Gasteiger partial charge in [-0.2, -0.15) is 0 Å². The van der Waals surface area contributed by atoms with Crippen LogP contribution in [0.1, 0.15) is 36.0 Å². The van der Waals surface area contributed by atoms with E-state index in [1.807, 2.05) is 30.3 Å². The number of rotatable bonds is 2. The summed E-state index contributed by atoms with van der Waals surface area (Å²) in [5, 5.41) is 7.81. The number of amides is 1. The van der Waals surface area contributed by atoms with Gasteiger partial charge in [0, 0.05) is 35.3 Å². The van der Waals surface area contributed by atoms with E-state index in [1.54, 1.807) is 6.20 Å². The molecule has 2 N–H and O–H groups in total. The van der Waals surface area contributed by atoms with Crippen LogP contribution in [0.25, 0.3) is 10.9 Å². The maximum Gasteiger partial charge on any atom is 0.251 e. The van der Waals surface area contributed by atoms with Crippen molar-refractivity contribution in [2.45, 2.75) is 43.8 Å². The van der Waals surface area contributed by atoms with Gasteiger partial charge in [-0.05, 0) is 49.9 Å². The third-order valence-corrected chi connectivity index (χ3v) is 4.67. The molecular formula is C17H21Cl2N3O. The summed E-state index contributed by atoms with van der Waals surface area (Å²) in [6.07, 6.45) is 6.37. The Hall–Kier alpha value is -1.36. The molecule has 2 unspecified atom stereocenters. The predicted octanol–water partition coefficient (Wildman–Crippen LogP) is 3.09. The van der Waals surface area contributed by atoms with Gasteiger partial charge in [-0.3, -0.25) is 9.78 Å². The molecule has 0 saturated carbocycles. The van der Waals surface area contributed by atoms with E-state index in [1.165, 1.54) is 12.8 Å². The molecule has 4 rings (SSSR count). The molecule has 1 amide bonds. The Morgan fingerprint density at radius 2 is 1.87 bits per heavy atom. The molecule has 2 aromatic rings. The largest absolute Gasteiger partial charge is 0.349 e. The van der Waals surface area contributed by atoms with E-state index in [-0.39, 0.29) is 30.7 Å². The highest BCUT2D eigenvalue weighted by atomic mass is 35.5. The SMILES string of the molecule is Cl.Cl.O=C(NC1CC2CCC(C1)N2)c1ccc2ncccc2c1. The molecule has 4 nitrogen and oxygen atoms in total. The van der Waals surface area contributed by atoms with Gasteiger partial charge in [0.2, 0.25) is 0 Å². The third-order valence-electron chi connectivity index (χ3n) is 4.67. The van der Waals surface area contributed by atoms with Crippen molar-refractivity contribution < 1.29 is 4.79 Å². The van der Waals surface area contributed by atoms with Gasteiger partial charge in [-0.15, -0.1) is 24.8 Å². The molecule has 23 heavy (non-hydrogen) atoms. The van der Waals surface area contributed by atoms with Gasteiger partial charge in [-0.1, -0.05) is 6.07 Å². The smallest absolute Gasteiger partial charge is 0.251 e. The van der Waals surface area contributed by atoms with Crippen molar-refractivity contribution in [2.75, 3.05) is 0 Å². The zero-order valence-electron chi connectivity index (χ0n) is 12.7. The van der Waals surface area contributed by atoms with Crippen LogP contribution >= 0.6 is 24.8 Å². The zero-order chi connectivity index (χ0) is 14.2. The van der Waals surface area contributed by atoms with Crippen LogP contribution in [0, 0.1) is 0 Å². The predicted molar refractivity (Wildman–Crippen MR) is 96.7 cm³/mol. The minimum Gasteiger partial charge on any atom is -0.349 e. The summed E-state index contributed by atoms with van der Waals surface area (Å²) >= 11 is 0. The summed E-state index contributed by atoms with van der Waals surface area (Å²) < 4.78 is 0. The molecule has 2 saturated heterocycles. The van der Waals surface area contributed by atoms with E-state index in [0.717, 1.165) is 29.3 Å². The average molecular weight is 354 g/mol. The van der Waals surface area contributed by atoms with Crippen molar-refractivity contribution >= 4 is 41.6 Å². The number of benzene rings is 1. The lowest BCUT2D eigenvalue weighted by atomic mass is 9.99. The molecule has 6 heteroatoms. The summed E-state index contributed by atoms with van der Waals surface area (Å²) in [6, 6.07) is 11.1. The molecule has 3 heterocycles. The molecule has 2 atom stereocenters. The normalized spacial score (nSPS) is 25.3. The molecule has 0 aliphatic carbocycles. The highest BCUT2D eigenvalue weighted by Gasteiger charge is 2.34. The first-order valence-electron chi connectivity index (χ1n) is 7.69. The minimum atomic E-state index is 0. The van der Waals surface area contributed by atoms with Crippen LogP contribution in [0.4, 0.5) is 0 Å². The number of hydrogen-bond acceptors (Lipinski definition) is 3. The fourth-order valence-electron chi connectivity index (χ4n) is 3.66. The molecule has 1 aromatic heterocycles. The van der Waals surface area contributed by atoms with Gasteiger partial charge in [0.25, 0.3) is 5.91 Å². The number of halogens is 2. The van der Waals surface area contributed by atoms with Crippen LogP contribution in [-0.2, 0) is 0 Å². The Kier molecular flexibility index (Phi) is 5.84. The molecule has 2 bridgehead atoms. The molecule has 2 aliphatic heterocycles. The van der Waals surface area contributed by atoms with Crippen molar-refractivity contribution in [1.82, 2.24) is 15.6 Å². The monoisotopic (exact) mass is 353 g/mol. The quantitative estimate of drug-likeness (QED) is 0.872. The molecular weight excluding hydrogens is 333 g/mol. The van der Waals surface area contributed by atoms with Crippen molar-refractivity contribution in [3.8, 4) is 0 Å². The van der Waals surface area contributed by atoms with Crippen LogP contribution in [-0.4, -0.2) is 29.0 Å². The number of pyridine rings is 1. The Labute approximate surface area is 148 Å². The molecule has 0 radical (unpaired) electrons. The second-order valence-electron chi connectivity index (χ2n) is 6.19. The number of piperidine rings is 1. The summed E-state index contributed by atoms with van der Waals surface area (Å²) in [4.78, 5) is 16.7. The summed E-state index contributed by atoms with van der Waals surface area (Å²) in [6.45, 7) is 0. The number of nitrogens with one attached hydrogen (secondary N) is 2. The Balaban J connectivity index is 0.000000960. The second kappa shape index (κ2) is 7.47. The van der Waals surface area contributed by atoms with E-state index in [9.17, 15) is 4.79 Å². The van der Waals surface area contributed by atoms with Crippen molar-refractivity contribution in [2.24, 2.45) is 0 Å². The molecule has 1 aromatic carbocycles. The summed E-state index contributed by atoms with van der Waals surface area (Å²) in [7, 11) is 0. The van der Waals surface area contributed by atoms with E-state index >= 15 is 0 Å². The van der Waals surface area contributed by atoms with Crippen molar-refractivity contribution in [3.05, 3.63) is 42.1 Å². The zero-order valence-corrected chi connectivity index (χ0v) is 14.3. The maximum atomic E-state index is 12.4. The van der Waals surface area contributed by atoms with Gasteiger partial charge in [0.05, 0.1) is 5.52 Å². The lowest BCUT2D eigenvalue weighted by molar-refractivity contribution is 0.0924. The summed E-state index contributed by atoms with van der Waals surface area (Å²) in [5.41, 5.74) is 1.65. The number of carbonyl (C=O) groups excluding carboxylic acids is 1. The van der Waals surface area contributed by atoms with E-state index < -0.39 is 0 Å². The first kappa shape index (κ1) is 18.0. The average Bonchev–Trinajstić information content (AvgIpc) is 2.85. The van der Waals surface area contributed by atoms with E-state index in [2.05, 4.69) is 15.6 Å². The molecule has 2 aliphatic rings. The van der Waals surface area contributed by atoms with Gasteiger partial charge in [-0.25, -0.2) is 0 Å². The lowest BCUT2D eigenvalue weighted by Gasteiger charge is -2.29. The standard InChI is InChI=1S/C17H19N3O.2ClH/c21-17(20-15-9-13-4-5-14(10-15)19-13)12-3-6-16-11(8-12)2-1-7-18-16;;/h1-3,6-8,13-15,19H,4-5,9-10H2,(H,20,21);2*1H. The number of nitrogens with zero attached hydrogens (tertiary/aromatic N) is 1. The van der Waals surface area contributed by atoms with E-state index in [4.69, 9.17) is 0 Å². The third kappa shape index (κ3) is 3.77. The van der Waals surface area contributed by atoms with Crippen LogP contribution in [0.15, 0.2) is 36.5 Å². The van der Waals surface area contributed by atoms with Crippen molar-refractivity contribution in [1.29, 1.82) is 0 Å². The molecule has 124 valence electrons.